The average molecular weight is 862 g/mol. The number of anilines is 1. The van der Waals surface area contributed by atoms with Gasteiger partial charge in [0.1, 0.15) is 6.04 Å². The Hall–Kier alpha value is -5.45. The first kappa shape index (κ1) is 47.2. The zero-order valence-corrected chi connectivity index (χ0v) is 36.5. The molecule has 60 heavy (non-hydrogen) atoms. The number of carbonyl (C=O) groups is 5. The van der Waals surface area contributed by atoms with E-state index in [-0.39, 0.29) is 47.6 Å². The number of nitrogens with zero attached hydrogens (tertiary/aromatic N) is 1. The van der Waals surface area contributed by atoms with Crippen LogP contribution in [0, 0.1) is 5.92 Å². The van der Waals surface area contributed by atoms with Crippen LogP contribution in [-0.2, 0) is 22.6 Å². The third kappa shape index (κ3) is 13.8. The highest BCUT2D eigenvalue weighted by Gasteiger charge is 2.27. The third-order valence-electron chi connectivity index (χ3n) is 9.90. The van der Waals surface area contributed by atoms with Crippen LogP contribution in [0.5, 0.6) is 0 Å². The van der Waals surface area contributed by atoms with Gasteiger partial charge in [0.05, 0.1) is 17.8 Å². The topological polar surface area (TPSA) is 201 Å². The molecule has 0 fully saturated rings. The lowest BCUT2D eigenvalue weighted by Gasteiger charge is -2.38. The largest absolute Gasteiger partial charge is 0.355 e. The fourth-order valence-electron chi connectivity index (χ4n) is 6.18. The van der Waals surface area contributed by atoms with Gasteiger partial charge in [0.2, 0.25) is 11.8 Å². The van der Waals surface area contributed by atoms with Crippen molar-refractivity contribution in [1.29, 1.82) is 0 Å². The second-order valence-corrected chi connectivity index (χ2v) is 17.6. The van der Waals surface area contributed by atoms with Gasteiger partial charge in [-0.1, -0.05) is 80.0 Å². The van der Waals surface area contributed by atoms with Gasteiger partial charge in [-0.05, 0) is 85.3 Å². The molecule has 4 aromatic carbocycles. The van der Waals surface area contributed by atoms with Crippen molar-refractivity contribution in [3.8, 4) is 0 Å². The molecule has 16 heteroatoms. The van der Waals surface area contributed by atoms with E-state index in [9.17, 15) is 33.1 Å². The molecule has 14 nitrogen and oxygen atoms in total. The van der Waals surface area contributed by atoms with Crippen molar-refractivity contribution < 1.29 is 33.1 Å². The Balaban J connectivity index is 1.48. The molecule has 0 aliphatic heterocycles. The van der Waals surface area contributed by atoms with E-state index in [1.54, 1.807) is 63.4 Å². The minimum Gasteiger partial charge on any atom is -0.355 e. The highest BCUT2D eigenvalue weighted by molar-refractivity contribution is 8.24. The van der Waals surface area contributed by atoms with E-state index in [4.69, 9.17) is 11.6 Å². The summed E-state index contributed by atoms with van der Waals surface area (Å²) in [5, 5.41) is 18.0. The summed E-state index contributed by atoms with van der Waals surface area (Å²) in [6.07, 6.45) is 1.63. The van der Waals surface area contributed by atoms with Crippen LogP contribution in [0.2, 0.25) is 5.02 Å². The maximum Gasteiger partial charge on any atom is 0.251 e. The van der Waals surface area contributed by atoms with Crippen LogP contribution < -0.4 is 36.2 Å². The summed E-state index contributed by atoms with van der Waals surface area (Å²) in [7, 11) is -0.265. The summed E-state index contributed by atoms with van der Waals surface area (Å²) in [5.74, 6) is -2.25. The maximum absolute atomic E-state index is 14.1. The van der Waals surface area contributed by atoms with Gasteiger partial charge in [-0.2, -0.15) is 0 Å². The summed E-state index contributed by atoms with van der Waals surface area (Å²) < 4.78 is 22.2. The normalized spacial score (nSPS) is 13.6. The van der Waals surface area contributed by atoms with Gasteiger partial charge in [0, 0.05) is 61.2 Å². The molecule has 0 aliphatic rings. The van der Waals surface area contributed by atoms with Gasteiger partial charge in [-0.25, -0.2) is 0 Å². The Morgan fingerprint density at radius 2 is 1.35 bits per heavy atom. The number of nitrogens with one attached hydrogen (secondary N) is 6. The molecule has 4 rings (SSSR count). The number of hydrogen-bond donors (Lipinski definition) is 8. The number of hydrogen-bond acceptors (Lipinski definition) is 9. The van der Waals surface area contributed by atoms with Crippen LogP contribution in [-0.4, -0.2) is 83.7 Å². The van der Waals surface area contributed by atoms with Crippen molar-refractivity contribution in [2.24, 2.45) is 5.92 Å². The third-order valence-corrected chi connectivity index (χ3v) is 11.4. The van der Waals surface area contributed by atoms with Crippen LogP contribution in [0.4, 0.5) is 5.69 Å². The summed E-state index contributed by atoms with van der Waals surface area (Å²) in [4.78, 5) is 66.3. The number of rotatable bonds is 19. The highest BCUT2D eigenvalue weighted by Crippen LogP contribution is 2.41. The van der Waals surface area contributed by atoms with Gasteiger partial charge >= 0.3 is 0 Å². The van der Waals surface area contributed by atoms with Crippen LogP contribution in [0.3, 0.4) is 0 Å². The molecular formula is C44H56ClN7O7S. The number of benzene rings is 4. The van der Waals surface area contributed by atoms with E-state index in [0.29, 0.717) is 17.0 Å². The van der Waals surface area contributed by atoms with Crippen LogP contribution in [0.1, 0.15) is 81.5 Å². The molecule has 0 heterocycles. The molecule has 0 spiro atoms. The SMILES string of the molecule is CNC(=O)c1ccc(CNC(=O)[C@@H](NC(=O)[C@H](C)NC[C@H](Cc2ccccc2)NC(=O)c2cc(C(=O)N[C@H](C)c3cccc(Cl)c3)cc(N(C)S(C)(O)O)c2)C(C)C)cc1. The van der Waals surface area contributed by atoms with Gasteiger partial charge < -0.3 is 31.9 Å². The Bertz CT molecular complexity index is 2120. The van der Waals surface area contributed by atoms with Crippen molar-refractivity contribution in [2.75, 3.05) is 31.2 Å². The number of amides is 5. The van der Waals surface area contributed by atoms with E-state index in [2.05, 4.69) is 31.9 Å². The summed E-state index contributed by atoms with van der Waals surface area (Å²) in [6.45, 7) is 7.48. The van der Waals surface area contributed by atoms with Crippen molar-refractivity contribution in [1.82, 2.24) is 31.9 Å². The number of carbonyl (C=O) groups excluding carboxylic acids is 5. The second kappa shape index (κ2) is 21.7. The fourth-order valence-corrected chi connectivity index (χ4v) is 6.88. The maximum atomic E-state index is 14.1. The Kier molecular flexibility index (Phi) is 17.1. The molecule has 4 aromatic rings. The molecule has 8 N–H and O–H groups in total. The Morgan fingerprint density at radius 1 is 0.717 bits per heavy atom. The highest BCUT2D eigenvalue weighted by atomic mass is 35.5. The van der Waals surface area contributed by atoms with Crippen LogP contribution in [0.15, 0.2) is 97.1 Å². The molecule has 0 unspecified atom stereocenters. The minimum atomic E-state index is -3.27. The summed E-state index contributed by atoms with van der Waals surface area (Å²) in [5.41, 5.74) is 3.43. The lowest BCUT2D eigenvalue weighted by atomic mass is 10.0. The number of halogens is 1. The molecule has 0 radical (unpaired) electrons. The van der Waals surface area contributed by atoms with Crippen molar-refractivity contribution in [3.63, 3.8) is 0 Å². The van der Waals surface area contributed by atoms with Crippen molar-refractivity contribution in [2.45, 2.75) is 64.8 Å². The Labute approximate surface area is 358 Å². The molecule has 4 atom stereocenters. The van der Waals surface area contributed by atoms with Gasteiger partial charge in [-0.3, -0.25) is 37.4 Å². The molecular weight excluding hydrogens is 806 g/mol. The second-order valence-electron chi connectivity index (χ2n) is 15.0. The van der Waals surface area contributed by atoms with Crippen LogP contribution in [0.25, 0.3) is 0 Å². The molecule has 0 aliphatic carbocycles. The van der Waals surface area contributed by atoms with Gasteiger partial charge in [0.25, 0.3) is 17.7 Å². The van der Waals surface area contributed by atoms with E-state index in [1.807, 2.05) is 50.2 Å². The first-order valence-electron chi connectivity index (χ1n) is 19.5. The summed E-state index contributed by atoms with van der Waals surface area (Å²) in [6, 6.07) is 25.2. The zero-order valence-electron chi connectivity index (χ0n) is 34.9. The monoisotopic (exact) mass is 861 g/mol. The molecule has 0 aromatic heterocycles. The first-order chi connectivity index (χ1) is 28.4. The average Bonchev–Trinajstić information content (AvgIpc) is 3.22. The van der Waals surface area contributed by atoms with E-state index in [1.165, 1.54) is 35.8 Å². The summed E-state index contributed by atoms with van der Waals surface area (Å²) >= 11 is 6.17. The molecule has 0 saturated heterocycles. The van der Waals surface area contributed by atoms with Crippen molar-refractivity contribution >= 4 is 57.6 Å². The molecule has 322 valence electrons. The lowest BCUT2D eigenvalue weighted by Crippen LogP contribution is -2.55. The smallest absolute Gasteiger partial charge is 0.251 e. The van der Waals surface area contributed by atoms with Gasteiger partial charge in [-0.15, -0.1) is 10.8 Å². The Morgan fingerprint density at radius 3 is 1.93 bits per heavy atom. The quantitative estimate of drug-likeness (QED) is 0.0583. The molecule has 0 saturated carbocycles. The van der Waals surface area contributed by atoms with Gasteiger partial charge in [0.15, 0.2) is 0 Å². The van der Waals surface area contributed by atoms with Crippen molar-refractivity contribution in [3.05, 3.63) is 135 Å². The molecule has 5 amide bonds. The standard InChI is InChI=1S/C44H56ClN7O7S/c1-27(2)39(44(57)48-25-31-16-18-32(19-17-31)41(54)46-5)51-40(53)29(4)47-26-37(20-30-12-9-8-10-13-30)50-43(56)35-21-34(23-38(24-35)52(6)60(7,58)59)42(55)49-28(3)33-14-11-15-36(45)22-33/h8-19,21-24,27-29,37,39,47,58-59H,20,25-26H2,1-7H3,(H,46,54)(H,48,57)(H,49,55)(H,50,56)(H,51,53)/t28-,29+,37+,39+/m1/s1. The van der Waals surface area contributed by atoms with E-state index >= 15 is 0 Å². The fraction of sp³-hybridized carbons (Fsp3) is 0.341. The van der Waals surface area contributed by atoms with E-state index < -0.39 is 52.7 Å². The minimum absolute atomic E-state index is 0.0978. The van der Waals surface area contributed by atoms with E-state index in [0.717, 1.165) is 16.7 Å². The van der Waals surface area contributed by atoms with Crippen LogP contribution >= 0.6 is 22.4 Å². The zero-order chi connectivity index (χ0) is 44.1. The predicted molar refractivity (Wildman–Crippen MR) is 238 cm³/mol. The lowest BCUT2D eigenvalue weighted by molar-refractivity contribution is -0.131. The molecule has 0 bridgehead atoms. The predicted octanol–water partition coefficient (Wildman–Crippen LogP) is 5.70. The first-order valence-corrected chi connectivity index (χ1v) is 21.8.